The maximum atomic E-state index is 3.88. The molecule has 19 heavy (non-hydrogen) atoms. The second-order valence-corrected chi connectivity index (χ2v) is 7.98. The molecule has 1 aromatic carbocycles. The molecule has 0 aromatic heterocycles. The average molecular weight is 257 g/mol. The number of nitrogens with one attached hydrogen (secondary N) is 1. The van der Waals surface area contributed by atoms with Crippen LogP contribution < -0.4 is 5.32 Å². The normalized spacial score (nSPS) is 31.0. The van der Waals surface area contributed by atoms with Crippen LogP contribution in [-0.2, 0) is 5.41 Å². The Bertz CT molecular complexity index is 498. The number of anilines is 1. The summed E-state index contributed by atoms with van der Waals surface area (Å²) in [5.74, 6) is 0.773. The standard InChI is InChI=1S/C18H27N/c1-12-7-6-8-14-16(12)19-15-11-17(2,3)10-9-13(15)18(14,4)5/h6-8,13,15,19H,9-11H2,1-5H3/t13-,15-/m0/s1. The Morgan fingerprint density at radius 1 is 1.16 bits per heavy atom. The lowest BCUT2D eigenvalue weighted by atomic mass is 9.58. The van der Waals surface area contributed by atoms with E-state index >= 15 is 0 Å². The molecule has 1 saturated carbocycles. The van der Waals surface area contributed by atoms with Crippen LogP contribution in [-0.4, -0.2) is 6.04 Å². The van der Waals surface area contributed by atoms with Crippen LogP contribution in [0.5, 0.6) is 0 Å². The summed E-state index contributed by atoms with van der Waals surface area (Å²) in [4.78, 5) is 0. The zero-order valence-electron chi connectivity index (χ0n) is 13.0. The van der Waals surface area contributed by atoms with E-state index in [4.69, 9.17) is 0 Å². The molecule has 1 aliphatic carbocycles. The maximum Gasteiger partial charge on any atom is 0.0410 e. The molecule has 1 nitrogen and oxygen atoms in total. The minimum Gasteiger partial charge on any atom is -0.382 e. The van der Waals surface area contributed by atoms with Gasteiger partial charge in [-0.05, 0) is 54.1 Å². The van der Waals surface area contributed by atoms with Crippen molar-refractivity contribution in [3.8, 4) is 0 Å². The molecule has 3 rings (SSSR count). The molecular formula is C18H27N. The summed E-state index contributed by atoms with van der Waals surface area (Å²) >= 11 is 0. The van der Waals surface area contributed by atoms with Crippen LogP contribution in [0.1, 0.15) is 58.1 Å². The first-order valence-electron chi connectivity index (χ1n) is 7.68. The van der Waals surface area contributed by atoms with Gasteiger partial charge < -0.3 is 5.32 Å². The van der Waals surface area contributed by atoms with Gasteiger partial charge in [-0.15, -0.1) is 0 Å². The number of fused-ring (bicyclic) bond motifs is 2. The fourth-order valence-corrected chi connectivity index (χ4v) is 4.38. The van der Waals surface area contributed by atoms with Crippen LogP contribution in [0, 0.1) is 18.3 Å². The van der Waals surface area contributed by atoms with Gasteiger partial charge >= 0.3 is 0 Å². The highest BCUT2D eigenvalue weighted by molar-refractivity contribution is 5.63. The predicted molar refractivity (Wildman–Crippen MR) is 82.7 cm³/mol. The first-order valence-corrected chi connectivity index (χ1v) is 7.68. The van der Waals surface area contributed by atoms with Gasteiger partial charge in [0.15, 0.2) is 0 Å². The largest absolute Gasteiger partial charge is 0.382 e. The van der Waals surface area contributed by atoms with Crippen LogP contribution >= 0.6 is 0 Å². The van der Waals surface area contributed by atoms with Crippen molar-refractivity contribution in [1.29, 1.82) is 0 Å². The van der Waals surface area contributed by atoms with Crippen LogP contribution in [0.3, 0.4) is 0 Å². The van der Waals surface area contributed by atoms with E-state index in [0.29, 0.717) is 16.9 Å². The molecule has 1 aromatic rings. The van der Waals surface area contributed by atoms with Crippen LogP contribution in [0.15, 0.2) is 18.2 Å². The van der Waals surface area contributed by atoms with Crippen molar-refractivity contribution >= 4 is 5.69 Å². The third-order valence-corrected chi connectivity index (χ3v) is 5.61. The van der Waals surface area contributed by atoms with E-state index in [1.807, 2.05) is 0 Å². The van der Waals surface area contributed by atoms with E-state index < -0.39 is 0 Å². The van der Waals surface area contributed by atoms with Gasteiger partial charge in [0.1, 0.15) is 0 Å². The van der Waals surface area contributed by atoms with E-state index in [2.05, 4.69) is 58.1 Å². The Morgan fingerprint density at radius 2 is 1.89 bits per heavy atom. The fraction of sp³-hybridized carbons (Fsp3) is 0.667. The second kappa shape index (κ2) is 4.01. The Hall–Kier alpha value is -0.980. The van der Waals surface area contributed by atoms with Gasteiger partial charge in [0.25, 0.3) is 0 Å². The molecule has 104 valence electrons. The monoisotopic (exact) mass is 257 g/mol. The van der Waals surface area contributed by atoms with E-state index in [1.165, 1.54) is 36.1 Å². The summed E-state index contributed by atoms with van der Waals surface area (Å²) in [6, 6.07) is 7.42. The summed E-state index contributed by atoms with van der Waals surface area (Å²) in [6.45, 7) is 12.0. The van der Waals surface area contributed by atoms with Gasteiger partial charge in [-0.2, -0.15) is 0 Å². The van der Waals surface area contributed by atoms with Crippen molar-refractivity contribution in [2.24, 2.45) is 11.3 Å². The quantitative estimate of drug-likeness (QED) is 0.697. The SMILES string of the molecule is Cc1cccc2c1N[C@H]1CC(C)(C)CC[C@@H]1C2(C)C. The molecule has 0 amide bonds. The molecule has 1 fully saturated rings. The summed E-state index contributed by atoms with van der Waals surface area (Å²) in [6.07, 6.45) is 4.01. The molecule has 0 unspecified atom stereocenters. The zero-order chi connectivity index (χ0) is 13.8. The molecule has 1 N–H and O–H groups in total. The van der Waals surface area contributed by atoms with E-state index in [9.17, 15) is 0 Å². The molecule has 1 aliphatic heterocycles. The molecular weight excluding hydrogens is 230 g/mol. The highest BCUT2D eigenvalue weighted by atomic mass is 15.0. The third-order valence-electron chi connectivity index (χ3n) is 5.61. The van der Waals surface area contributed by atoms with Gasteiger partial charge in [-0.3, -0.25) is 0 Å². The number of benzene rings is 1. The van der Waals surface area contributed by atoms with Crippen molar-refractivity contribution < 1.29 is 0 Å². The van der Waals surface area contributed by atoms with Crippen molar-refractivity contribution in [2.45, 2.75) is 65.3 Å². The molecule has 0 saturated heterocycles. The highest BCUT2D eigenvalue weighted by Crippen LogP contribution is 2.52. The highest BCUT2D eigenvalue weighted by Gasteiger charge is 2.46. The fourth-order valence-electron chi connectivity index (χ4n) is 4.38. The molecule has 0 radical (unpaired) electrons. The Kier molecular flexibility index (Phi) is 2.75. The smallest absolute Gasteiger partial charge is 0.0410 e. The van der Waals surface area contributed by atoms with Crippen LogP contribution in [0.4, 0.5) is 5.69 Å². The number of hydrogen-bond donors (Lipinski definition) is 1. The topological polar surface area (TPSA) is 12.0 Å². The molecule has 2 aliphatic rings. The van der Waals surface area contributed by atoms with Gasteiger partial charge in [-0.25, -0.2) is 0 Å². The predicted octanol–water partition coefficient (Wildman–Crippen LogP) is 4.89. The summed E-state index contributed by atoms with van der Waals surface area (Å²) in [5.41, 5.74) is 5.12. The Morgan fingerprint density at radius 3 is 2.63 bits per heavy atom. The van der Waals surface area contributed by atoms with Crippen molar-refractivity contribution in [3.63, 3.8) is 0 Å². The van der Waals surface area contributed by atoms with Crippen LogP contribution in [0.2, 0.25) is 0 Å². The molecule has 0 spiro atoms. The average Bonchev–Trinajstić information content (AvgIpc) is 2.29. The number of rotatable bonds is 0. The third kappa shape index (κ3) is 1.98. The van der Waals surface area contributed by atoms with Gasteiger partial charge in [0, 0.05) is 11.7 Å². The Labute approximate surface area is 117 Å². The first-order chi connectivity index (χ1) is 8.81. The first kappa shape index (κ1) is 13.0. The number of para-hydroxylation sites is 1. The van der Waals surface area contributed by atoms with Crippen LogP contribution in [0.25, 0.3) is 0 Å². The second-order valence-electron chi connectivity index (χ2n) is 7.98. The lowest BCUT2D eigenvalue weighted by Gasteiger charge is -2.52. The minimum atomic E-state index is 0.299. The van der Waals surface area contributed by atoms with Crippen molar-refractivity contribution in [3.05, 3.63) is 29.3 Å². The Balaban J connectivity index is 2.06. The maximum absolute atomic E-state index is 3.88. The molecule has 2 atom stereocenters. The van der Waals surface area contributed by atoms with E-state index in [-0.39, 0.29) is 0 Å². The van der Waals surface area contributed by atoms with E-state index in [0.717, 1.165) is 5.92 Å². The summed E-state index contributed by atoms with van der Waals surface area (Å²) in [7, 11) is 0. The van der Waals surface area contributed by atoms with E-state index in [1.54, 1.807) is 0 Å². The van der Waals surface area contributed by atoms with Gasteiger partial charge in [0.05, 0.1) is 0 Å². The zero-order valence-corrected chi connectivity index (χ0v) is 13.0. The lowest BCUT2D eigenvalue weighted by molar-refractivity contribution is 0.119. The minimum absolute atomic E-state index is 0.299. The van der Waals surface area contributed by atoms with Crippen molar-refractivity contribution in [1.82, 2.24) is 0 Å². The van der Waals surface area contributed by atoms with Crippen molar-refractivity contribution in [2.75, 3.05) is 5.32 Å². The van der Waals surface area contributed by atoms with Gasteiger partial charge in [-0.1, -0.05) is 45.9 Å². The summed E-state index contributed by atoms with van der Waals surface area (Å²) in [5, 5.41) is 3.88. The molecule has 1 heteroatoms. The molecule has 0 bridgehead atoms. The van der Waals surface area contributed by atoms with Gasteiger partial charge in [0.2, 0.25) is 0 Å². The lowest BCUT2D eigenvalue weighted by Crippen LogP contribution is -2.50. The number of hydrogen-bond acceptors (Lipinski definition) is 1. The summed E-state index contributed by atoms with van der Waals surface area (Å²) < 4.78 is 0. The molecule has 1 heterocycles. The number of aryl methyl sites for hydroxylation is 1.